The molecule has 0 aromatic carbocycles. The Morgan fingerprint density at radius 2 is 2.06 bits per heavy atom. The summed E-state index contributed by atoms with van der Waals surface area (Å²) in [5.41, 5.74) is 0. The third-order valence-electron chi connectivity index (χ3n) is 2.10. The first kappa shape index (κ1) is 14.3. The first-order valence-electron chi connectivity index (χ1n) is 5.55. The molecule has 98 valence electrons. The maximum Gasteiger partial charge on any atom is 0.234 e. The zero-order valence-corrected chi connectivity index (χ0v) is 11.7. The number of unbranched alkanes of at least 4 members (excludes halogenated alkanes) is 1. The molecule has 17 heavy (non-hydrogen) atoms. The van der Waals surface area contributed by atoms with Crippen molar-refractivity contribution in [3.63, 3.8) is 0 Å². The third kappa shape index (κ3) is 5.42. The molecule has 0 aliphatic heterocycles. The Bertz CT molecular complexity index is 430. The average molecular weight is 278 g/mol. The molecule has 0 bridgehead atoms. The molecule has 2 N–H and O–H groups in total. The van der Waals surface area contributed by atoms with Crippen molar-refractivity contribution in [1.82, 2.24) is 15.5 Å². The van der Waals surface area contributed by atoms with Gasteiger partial charge in [0.1, 0.15) is 5.01 Å². The van der Waals surface area contributed by atoms with E-state index in [1.54, 1.807) is 0 Å². The van der Waals surface area contributed by atoms with E-state index in [-0.39, 0.29) is 5.75 Å². The molecule has 0 spiro atoms. The fourth-order valence-corrected chi connectivity index (χ4v) is 3.29. The minimum Gasteiger partial charge on any atom is -0.320 e. The lowest BCUT2D eigenvalue weighted by Gasteiger charge is -2.04. The Kier molecular flexibility index (Phi) is 5.79. The summed E-state index contributed by atoms with van der Waals surface area (Å²) in [6.45, 7) is 2.78. The number of anilines is 1. The molecular weight excluding hydrogens is 260 g/mol. The Labute approximate surface area is 106 Å². The van der Waals surface area contributed by atoms with Crippen LogP contribution in [0.5, 0.6) is 0 Å². The van der Waals surface area contributed by atoms with Gasteiger partial charge in [0.15, 0.2) is 0 Å². The predicted octanol–water partition coefficient (Wildman–Crippen LogP) is 0.842. The van der Waals surface area contributed by atoms with E-state index in [9.17, 15) is 8.42 Å². The molecule has 0 aliphatic carbocycles. The standard InChI is InChI=1S/C9H18N4O2S2/c1-3-8-11-12-9(16-8)13-17(14,15)7-5-4-6-10-2/h10H,3-7H2,1-2H3,(H,12,13). The maximum absolute atomic E-state index is 11.7. The molecule has 1 rings (SSSR count). The van der Waals surface area contributed by atoms with Crippen LogP contribution in [0.4, 0.5) is 5.13 Å². The molecule has 0 amide bonds. The summed E-state index contributed by atoms with van der Waals surface area (Å²) in [5.74, 6) is 0.121. The van der Waals surface area contributed by atoms with E-state index in [4.69, 9.17) is 0 Å². The molecular formula is C9H18N4O2S2. The van der Waals surface area contributed by atoms with Crippen LogP contribution in [0.2, 0.25) is 0 Å². The van der Waals surface area contributed by atoms with E-state index in [1.807, 2.05) is 14.0 Å². The van der Waals surface area contributed by atoms with Crippen molar-refractivity contribution in [2.45, 2.75) is 26.2 Å². The van der Waals surface area contributed by atoms with Gasteiger partial charge in [-0.1, -0.05) is 18.3 Å². The quantitative estimate of drug-likeness (QED) is 0.688. The molecule has 8 heteroatoms. The molecule has 0 saturated heterocycles. The lowest BCUT2D eigenvalue weighted by atomic mass is 10.3. The number of aromatic nitrogens is 2. The highest BCUT2D eigenvalue weighted by Crippen LogP contribution is 2.17. The number of nitrogens with one attached hydrogen (secondary N) is 2. The molecule has 6 nitrogen and oxygen atoms in total. The van der Waals surface area contributed by atoms with Crippen molar-refractivity contribution in [2.75, 3.05) is 24.1 Å². The van der Waals surface area contributed by atoms with Gasteiger partial charge in [-0.3, -0.25) is 4.72 Å². The summed E-state index contributed by atoms with van der Waals surface area (Å²) in [6, 6.07) is 0. The van der Waals surface area contributed by atoms with E-state index < -0.39 is 10.0 Å². The van der Waals surface area contributed by atoms with E-state index in [1.165, 1.54) is 11.3 Å². The number of hydrogen-bond donors (Lipinski definition) is 2. The van der Waals surface area contributed by atoms with Crippen LogP contribution < -0.4 is 10.0 Å². The first-order chi connectivity index (χ1) is 8.07. The molecule has 0 radical (unpaired) electrons. The summed E-state index contributed by atoms with van der Waals surface area (Å²) < 4.78 is 25.8. The lowest BCUT2D eigenvalue weighted by Crippen LogP contribution is -2.18. The van der Waals surface area contributed by atoms with Gasteiger partial charge in [-0.15, -0.1) is 10.2 Å². The largest absolute Gasteiger partial charge is 0.320 e. The van der Waals surface area contributed by atoms with Crippen molar-refractivity contribution in [2.24, 2.45) is 0 Å². The number of hydrogen-bond acceptors (Lipinski definition) is 6. The van der Waals surface area contributed by atoms with Crippen molar-refractivity contribution in [3.05, 3.63) is 5.01 Å². The first-order valence-corrected chi connectivity index (χ1v) is 8.01. The van der Waals surface area contributed by atoms with Crippen LogP contribution in [0.1, 0.15) is 24.8 Å². The number of sulfonamides is 1. The Hall–Kier alpha value is -0.730. The molecule has 0 unspecified atom stereocenters. The van der Waals surface area contributed by atoms with Gasteiger partial charge in [-0.25, -0.2) is 8.42 Å². The van der Waals surface area contributed by atoms with E-state index in [0.29, 0.717) is 11.6 Å². The van der Waals surface area contributed by atoms with Crippen LogP contribution in [-0.4, -0.2) is 38.0 Å². The minimum atomic E-state index is -3.28. The summed E-state index contributed by atoms with van der Waals surface area (Å²) in [5, 5.41) is 11.8. The maximum atomic E-state index is 11.7. The Morgan fingerprint density at radius 1 is 1.29 bits per heavy atom. The van der Waals surface area contributed by atoms with E-state index >= 15 is 0 Å². The second kappa shape index (κ2) is 6.87. The molecule has 0 atom stereocenters. The van der Waals surface area contributed by atoms with Crippen LogP contribution in [0.3, 0.4) is 0 Å². The summed E-state index contributed by atoms with van der Waals surface area (Å²) in [7, 11) is -1.43. The van der Waals surface area contributed by atoms with Crippen molar-refractivity contribution in [1.29, 1.82) is 0 Å². The van der Waals surface area contributed by atoms with Gasteiger partial charge >= 0.3 is 0 Å². The highest BCUT2D eigenvalue weighted by atomic mass is 32.2. The SMILES string of the molecule is CCc1nnc(NS(=O)(=O)CCCCNC)s1. The monoisotopic (exact) mass is 278 g/mol. The summed E-state index contributed by atoms with van der Waals surface area (Å²) in [6.07, 6.45) is 2.24. The minimum absolute atomic E-state index is 0.121. The van der Waals surface area contributed by atoms with Gasteiger partial charge in [0.2, 0.25) is 15.2 Å². The zero-order chi connectivity index (χ0) is 12.7. The third-order valence-corrected chi connectivity index (χ3v) is 4.54. The van der Waals surface area contributed by atoms with Crippen molar-refractivity contribution < 1.29 is 8.42 Å². The Morgan fingerprint density at radius 3 is 2.65 bits per heavy atom. The molecule has 0 saturated carbocycles. The van der Waals surface area contributed by atoms with Crippen LogP contribution in [-0.2, 0) is 16.4 Å². The van der Waals surface area contributed by atoms with Crippen LogP contribution in [0.15, 0.2) is 0 Å². The zero-order valence-electron chi connectivity index (χ0n) is 10.1. The van der Waals surface area contributed by atoms with Crippen LogP contribution >= 0.6 is 11.3 Å². The van der Waals surface area contributed by atoms with Crippen molar-refractivity contribution in [3.8, 4) is 0 Å². The van der Waals surface area contributed by atoms with E-state index in [2.05, 4.69) is 20.2 Å². The fraction of sp³-hybridized carbons (Fsp3) is 0.778. The fourth-order valence-electron chi connectivity index (χ4n) is 1.22. The predicted molar refractivity (Wildman–Crippen MR) is 69.9 cm³/mol. The smallest absolute Gasteiger partial charge is 0.234 e. The Balaban J connectivity index is 2.43. The summed E-state index contributed by atoms with van der Waals surface area (Å²) in [4.78, 5) is 0. The van der Waals surface area contributed by atoms with Gasteiger partial charge in [0, 0.05) is 0 Å². The second-order valence-electron chi connectivity index (χ2n) is 3.59. The summed E-state index contributed by atoms with van der Waals surface area (Å²) >= 11 is 1.28. The van der Waals surface area contributed by atoms with Gasteiger partial charge in [-0.2, -0.15) is 0 Å². The average Bonchev–Trinajstić information content (AvgIpc) is 2.71. The molecule has 1 aromatic rings. The molecule has 1 aromatic heterocycles. The van der Waals surface area contributed by atoms with Gasteiger partial charge in [0.05, 0.1) is 5.75 Å². The molecule has 0 aliphatic rings. The van der Waals surface area contributed by atoms with Crippen LogP contribution in [0.25, 0.3) is 0 Å². The highest BCUT2D eigenvalue weighted by Gasteiger charge is 2.12. The molecule has 0 fully saturated rings. The van der Waals surface area contributed by atoms with Crippen LogP contribution in [0, 0.1) is 0 Å². The highest BCUT2D eigenvalue weighted by molar-refractivity contribution is 7.92. The number of nitrogens with zero attached hydrogens (tertiary/aromatic N) is 2. The van der Waals surface area contributed by atoms with Crippen molar-refractivity contribution >= 4 is 26.5 Å². The van der Waals surface area contributed by atoms with Gasteiger partial charge in [0.25, 0.3) is 0 Å². The molecule has 1 heterocycles. The lowest BCUT2D eigenvalue weighted by molar-refractivity contribution is 0.595. The van der Waals surface area contributed by atoms with Gasteiger partial charge in [-0.05, 0) is 32.9 Å². The normalized spacial score (nSPS) is 11.6. The topological polar surface area (TPSA) is 84.0 Å². The number of aryl methyl sites for hydroxylation is 1. The van der Waals surface area contributed by atoms with E-state index in [0.717, 1.165) is 24.4 Å². The van der Waals surface area contributed by atoms with Gasteiger partial charge < -0.3 is 5.32 Å². The second-order valence-corrected chi connectivity index (χ2v) is 6.49. The number of rotatable bonds is 8.